The molecule has 1 aliphatic heterocycles. The summed E-state index contributed by atoms with van der Waals surface area (Å²) in [6.45, 7) is 1.90. The molecule has 0 aromatic heterocycles. The molecule has 2 aromatic carbocycles. The zero-order valence-corrected chi connectivity index (χ0v) is 15.4. The van der Waals surface area contributed by atoms with Crippen LogP contribution >= 0.6 is 0 Å². The molecule has 0 spiro atoms. The number of carbonyl (C=O) groups is 1. The van der Waals surface area contributed by atoms with Crippen molar-refractivity contribution in [3.63, 3.8) is 0 Å². The van der Waals surface area contributed by atoms with E-state index in [4.69, 9.17) is 4.74 Å². The van der Waals surface area contributed by atoms with E-state index in [1.54, 1.807) is 6.07 Å². The Morgan fingerprint density at radius 1 is 1.19 bits per heavy atom. The fourth-order valence-electron chi connectivity index (χ4n) is 3.12. The average Bonchev–Trinajstić information content (AvgIpc) is 2.68. The lowest BCUT2D eigenvalue weighted by atomic mass is 10.0. The molecule has 0 saturated carbocycles. The van der Waals surface area contributed by atoms with Gasteiger partial charge in [0.2, 0.25) is 0 Å². The van der Waals surface area contributed by atoms with Crippen LogP contribution in [0.3, 0.4) is 0 Å². The molecule has 1 saturated heterocycles. The molecule has 1 heterocycles. The Balaban J connectivity index is 1.43. The van der Waals surface area contributed by atoms with Gasteiger partial charge in [-0.15, -0.1) is 0 Å². The van der Waals surface area contributed by atoms with E-state index in [0.29, 0.717) is 25.3 Å². The number of benzene rings is 2. The quantitative estimate of drug-likeness (QED) is 0.565. The van der Waals surface area contributed by atoms with Gasteiger partial charge in [-0.1, -0.05) is 36.4 Å². The van der Waals surface area contributed by atoms with Gasteiger partial charge in [-0.25, -0.2) is 4.79 Å². The molecule has 2 aromatic rings. The van der Waals surface area contributed by atoms with E-state index in [1.165, 1.54) is 5.56 Å². The van der Waals surface area contributed by atoms with E-state index in [0.717, 1.165) is 25.1 Å². The summed E-state index contributed by atoms with van der Waals surface area (Å²) in [7, 11) is 0. The van der Waals surface area contributed by atoms with Crippen LogP contribution in [0.4, 0.5) is 10.5 Å². The highest BCUT2D eigenvalue weighted by Crippen LogP contribution is 2.18. The molecule has 0 aliphatic carbocycles. The van der Waals surface area contributed by atoms with Gasteiger partial charge in [0, 0.05) is 18.3 Å². The van der Waals surface area contributed by atoms with Crippen LogP contribution in [0.2, 0.25) is 0 Å². The van der Waals surface area contributed by atoms with Gasteiger partial charge >= 0.3 is 6.03 Å². The number of amides is 2. The number of piperidine rings is 1. The number of β-amino-alcohol motifs (C(OH)–C–C–N with tert-alkyl or cyclic N) is 1. The van der Waals surface area contributed by atoms with Crippen LogP contribution in [0.25, 0.3) is 0 Å². The van der Waals surface area contributed by atoms with E-state index < -0.39 is 6.10 Å². The molecule has 3 rings (SSSR count). The van der Waals surface area contributed by atoms with E-state index >= 15 is 0 Å². The number of rotatable bonds is 7. The highest BCUT2D eigenvalue weighted by atomic mass is 16.5. The Kier molecular flexibility index (Phi) is 7.07. The summed E-state index contributed by atoms with van der Waals surface area (Å²) in [6, 6.07) is 17.1. The van der Waals surface area contributed by atoms with Crippen molar-refractivity contribution >= 4 is 11.7 Å². The lowest BCUT2D eigenvalue weighted by Crippen LogP contribution is -2.53. The van der Waals surface area contributed by atoms with E-state index in [2.05, 4.69) is 28.1 Å². The van der Waals surface area contributed by atoms with Gasteiger partial charge in [0.15, 0.2) is 0 Å². The number of hydrogen-bond acceptors (Lipinski definition) is 4. The molecule has 0 radical (unpaired) electrons. The van der Waals surface area contributed by atoms with Crippen molar-refractivity contribution in [3.05, 3.63) is 60.2 Å². The van der Waals surface area contributed by atoms with Gasteiger partial charge in [-0.05, 0) is 43.5 Å². The lowest BCUT2D eigenvalue weighted by Gasteiger charge is -2.29. The summed E-state index contributed by atoms with van der Waals surface area (Å²) in [4.78, 5) is 12.2. The third kappa shape index (κ3) is 6.27. The largest absolute Gasteiger partial charge is 0.494 e. The molecule has 6 heteroatoms. The molecular weight excluding hydrogens is 342 g/mol. The molecule has 1 fully saturated rings. The van der Waals surface area contributed by atoms with Crippen LogP contribution in [0.15, 0.2) is 54.6 Å². The van der Waals surface area contributed by atoms with E-state index in [9.17, 15) is 9.90 Å². The Morgan fingerprint density at radius 2 is 2.04 bits per heavy atom. The monoisotopic (exact) mass is 369 g/mol. The number of ether oxygens (including phenoxy) is 1. The third-order valence-electron chi connectivity index (χ3n) is 4.58. The standard InChI is InChI=1S/C21H27N3O3/c25-20-15-22-12-11-19(20)24-21(26)23-17-9-4-10-18(14-17)27-13-5-8-16-6-2-1-3-7-16/h1-4,6-7,9-10,14,19-20,22,25H,5,8,11-13,15H2,(H2,23,24,26)/t19-,20-/m1/s1. The Bertz CT molecular complexity index is 724. The van der Waals surface area contributed by atoms with Gasteiger partial charge < -0.3 is 25.8 Å². The number of aliphatic hydroxyl groups excluding tert-OH is 1. The number of aliphatic hydroxyl groups is 1. The predicted molar refractivity (Wildman–Crippen MR) is 106 cm³/mol. The normalized spacial score (nSPS) is 19.3. The highest BCUT2D eigenvalue weighted by Gasteiger charge is 2.24. The van der Waals surface area contributed by atoms with Gasteiger partial charge in [0.05, 0.1) is 18.8 Å². The van der Waals surface area contributed by atoms with Crippen molar-refractivity contribution in [2.24, 2.45) is 0 Å². The highest BCUT2D eigenvalue weighted by molar-refractivity contribution is 5.89. The van der Waals surface area contributed by atoms with E-state index in [1.807, 2.05) is 36.4 Å². The molecule has 1 aliphatic rings. The first-order valence-corrected chi connectivity index (χ1v) is 9.44. The van der Waals surface area contributed by atoms with Gasteiger partial charge in [-0.3, -0.25) is 0 Å². The second-order valence-corrected chi connectivity index (χ2v) is 6.73. The minimum absolute atomic E-state index is 0.233. The first-order chi connectivity index (χ1) is 13.2. The van der Waals surface area contributed by atoms with Crippen LogP contribution in [-0.4, -0.2) is 43.0 Å². The Morgan fingerprint density at radius 3 is 2.85 bits per heavy atom. The topological polar surface area (TPSA) is 82.6 Å². The van der Waals surface area contributed by atoms with Crippen molar-refractivity contribution in [1.29, 1.82) is 0 Å². The fraction of sp³-hybridized carbons (Fsp3) is 0.381. The molecule has 4 N–H and O–H groups in total. The molecule has 6 nitrogen and oxygen atoms in total. The van der Waals surface area contributed by atoms with Crippen LogP contribution in [0.5, 0.6) is 5.75 Å². The first kappa shape index (κ1) is 19.2. The second-order valence-electron chi connectivity index (χ2n) is 6.73. The molecule has 2 amide bonds. The summed E-state index contributed by atoms with van der Waals surface area (Å²) < 4.78 is 5.80. The smallest absolute Gasteiger partial charge is 0.319 e. The van der Waals surface area contributed by atoms with Crippen molar-refractivity contribution in [3.8, 4) is 5.75 Å². The number of nitrogens with one attached hydrogen (secondary N) is 3. The van der Waals surface area contributed by atoms with Gasteiger partial charge in [0.1, 0.15) is 5.75 Å². The summed E-state index contributed by atoms with van der Waals surface area (Å²) in [5, 5.41) is 18.6. The number of anilines is 1. The van der Waals surface area contributed by atoms with Crippen molar-refractivity contribution in [2.45, 2.75) is 31.4 Å². The molecule has 0 unspecified atom stereocenters. The minimum atomic E-state index is -0.566. The number of hydrogen-bond donors (Lipinski definition) is 4. The van der Waals surface area contributed by atoms with Crippen LogP contribution < -0.4 is 20.7 Å². The van der Waals surface area contributed by atoms with Gasteiger partial charge in [0.25, 0.3) is 0 Å². The lowest BCUT2D eigenvalue weighted by molar-refractivity contribution is 0.107. The molecule has 0 bridgehead atoms. The van der Waals surface area contributed by atoms with Gasteiger partial charge in [-0.2, -0.15) is 0 Å². The minimum Gasteiger partial charge on any atom is -0.494 e. The summed E-state index contributed by atoms with van der Waals surface area (Å²) in [5.41, 5.74) is 1.96. The second kappa shape index (κ2) is 9.94. The van der Waals surface area contributed by atoms with Crippen molar-refractivity contribution in [1.82, 2.24) is 10.6 Å². The number of urea groups is 1. The van der Waals surface area contributed by atoms with Crippen molar-refractivity contribution in [2.75, 3.05) is 25.0 Å². The van der Waals surface area contributed by atoms with Crippen molar-refractivity contribution < 1.29 is 14.6 Å². The van der Waals surface area contributed by atoms with E-state index in [-0.39, 0.29) is 12.1 Å². The summed E-state index contributed by atoms with van der Waals surface area (Å²) >= 11 is 0. The summed E-state index contributed by atoms with van der Waals surface area (Å²) in [6.07, 6.45) is 2.04. The molecule has 2 atom stereocenters. The maximum absolute atomic E-state index is 12.2. The fourth-order valence-corrected chi connectivity index (χ4v) is 3.12. The SMILES string of the molecule is O=C(Nc1cccc(OCCCc2ccccc2)c1)N[C@@H]1CCNC[C@H]1O. The summed E-state index contributed by atoms with van der Waals surface area (Å²) in [5.74, 6) is 0.725. The molecular formula is C21H27N3O3. The maximum atomic E-state index is 12.2. The number of aryl methyl sites for hydroxylation is 1. The maximum Gasteiger partial charge on any atom is 0.319 e. The zero-order chi connectivity index (χ0) is 18.9. The predicted octanol–water partition coefficient (Wildman–Crippen LogP) is 2.54. The van der Waals surface area contributed by atoms with Crippen LogP contribution in [0, 0.1) is 0 Å². The molecule has 144 valence electrons. The van der Waals surface area contributed by atoms with Crippen LogP contribution in [0.1, 0.15) is 18.4 Å². The number of carbonyl (C=O) groups excluding carboxylic acids is 1. The Labute approximate surface area is 159 Å². The molecule has 27 heavy (non-hydrogen) atoms. The van der Waals surface area contributed by atoms with Crippen LogP contribution in [-0.2, 0) is 6.42 Å². The first-order valence-electron chi connectivity index (χ1n) is 9.44. The zero-order valence-electron chi connectivity index (χ0n) is 15.4. The third-order valence-corrected chi connectivity index (χ3v) is 4.58. The Hall–Kier alpha value is -2.57. The average molecular weight is 369 g/mol.